The number of aromatic nitrogens is 2. The average molecular weight is 290 g/mol. The molecular formula is C14H18N4O3. The van der Waals surface area contributed by atoms with Gasteiger partial charge in [0, 0.05) is 25.1 Å². The van der Waals surface area contributed by atoms with E-state index in [0.717, 1.165) is 18.5 Å². The van der Waals surface area contributed by atoms with Crippen LogP contribution in [0.5, 0.6) is 0 Å². The number of hydrogen-bond acceptors (Lipinski definition) is 4. The first-order valence-electron chi connectivity index (χ1n) is 7.21. The third-order valence-electron chi connectivity index (χ3n) is 3.92. The summed E-state index contributed by atoms with van der Waals surface area (Å²) in [7, 11) is 0. The van der Waals surface area contributed by atoms with Gasteiger partial charge in [0.1, 0.15) is 6.04 Å². The minimum absolute atomic E-state index is 0.0419. The van der Waals surface area contributed by atoms with Crippen molar-refractivity contribution >= 4 is 11.8 Å². The van der Waals surface area contributed by atoms with Crippen molar-refractivity contribution in [1.29, 1.82) is 0 Å². The van der Waals surface area contributed by atoms with E-state index in [4.69, 9.17) is 0 Å². The number of piperazine rings is 1. The highest BCUT2D eigenvalue weighted by atomic mass is 16.2. The molecule has 1 aliphatic heterocycles. The number of carbonyl (C=O) groups is 2. The van der Waals surface area contributed by atoms with Crippen molar-refractivity contribution in [2.24, 2.45) is 0 Å². The highest BCUT2D eigenvalue weighted by Gasteiger charge is 2.29. The van der Waals surface area contributed by atoms with E-state index >= 15 is 0 Å². The van der Waals surface area contributed by atoms with Gasteiger partial charge in [0.2, 0.25) is 11.8 Å². The molecule has 0 radical (unpaired) electrons. The topological polar surface area (TPSA) is 84.3 Å². The minimum atomic E-state index is -0.693. The second-order valence-electron chi connectivity index (χ2n) is 5.60. The Morgan fingerprint density at radius 2 is 2.14 bits per heavy atom. The van der Waals surface area contributed by atoms with Gasteiger partial charge in [-0.3, -0.25) is 14.4 Å². The third kappa shape index (κ3) is 2.81. The molecule has 1 aromatic rings. The molecule has 1 atom stereocenters. The molecule has 1 aromatic heterocycles. The summed E-state index contributed by atoms with van der Waals surface area (Å²) in [6.07, 6.45) is 2.17. The van der Waals surface area contributed by atoms with Crippen molar-refractivity contribution in [2.75, 3.05) is 19.6 Å². The number of hydrogen-bond donors (Lipinski definition) is 1. The zero-order valence-corrected chi connectivity index (χ0v) is 11.9. The van der Waals surface area contributed by atoms with Crippen LogP contribution < -0.4 is 10.9 Å². The van der Waals surface area contributed by atoms with Crippen molar-refractivity contribution in [3.8, 4) is 0 Å². The molecule has 3 rings (SSSR count). The minimum Gasteiger partial charge on any atom is -0.353 e. The molecule has 0 bridgehead atoms. The molecule has 2 fully saturated rings. The van der Waals surface area contributed by atoms with Crippen molar-refractivity contribution in [1.82, 2.24) is 20.0 Å². The van der Waals surface area contributed by atoms with Gasteiger partial charge >= 0.3 is 0 Å². The van der Waals surface area contributed by atoms with E-state index in [1.807, 2.05) is 0 Å². The molecule has 112 valence electrons. The van der Waals surface area contributed by atoms with Crippen LogP contribution in [0.1, 0.15) is 37.4 Å². The van der Waals surface area contributed by atoms with E-state index in [1.165, 1.54) is 15.6 Å². The maximum Gasteiger partial charge on any atom is 0.267 e. The second kappa shape index (κ2) is 5.31. The Balaban J connectivity index is 1.82. The van der Waals surface area contributed by atoms with Crippen molar-refractivity contribution in [3.05, 3.63) is 28.2 Å². The van der Waals surface area contributed by atoms with Gasteiger partial charge in [0.15, 0.2) is 0 Å². The number of carbonyl (C=O) groups excluding carboxylic acids is 2. The largest absolute Gasteiger partial charge is 0.353 e. The summed E-state index contributed by atoms with van der Waals surface area (Å²) >= 11 is 0. The maximum atomic E-state index is 12.4. The summed E-state index contributed by atoms with van der Waals surface area (Å²) in [5.74, 6) is 0.00107. The second-order valence-corrected chi connectivity index (χ2v) is 5.60. The number of nitrogens with zero attached hydrogens (tertiary/aromatic N) is 3. The fourth-order valence-electron chi connectivity index (χ4n) is 2.51. The SMILES string of the molecule is CC(C(=O)N1CCNC(=O)C1)n1nc(C2CC2)ccc1=O. The molecule has 1 saturated heterocycles. The van der Waals surface area contributed by atoms with Crippen LogP contribution in [0.2, 0.25) is 0 Å². The molecule has 2 amide bonds. The Kier molecular flexibility index (Phi) is 3.48. The third-order valence-corrected chi connectivity index (χ3v) is 3.92. The average Bonchev–Trinajstić information content (AvgIpc) is 3.31. The molecule has 0 aromatic carbocycles. The first kappa shape index (κ1) is 13.8. The van der Waals surface area contributed by atoms with Crippen LogP contribution in [0.25, 0.3) is 0 Å². The molecule has 7 nitrogen and oxygen atoms in total. The highest BCUT2D eigenvalue weighted by Crippen LogP contribution is 2.38. The predicted octanol–water partition coefficient (Wildman–Crippen LogP) is -0.360. The molecule has 1 unspecified atom stereocenters. The monoisotopic (exact) mass is 290 g/mol. The van der Waals surface area contributed by atoms with Crippen LogP contribution in [-0.4, -0.2) is 46.1 Å². The van der Waals surface area contributed by atoms with E-state index in [-0.39, 0.29) is 23.9 Å². The smallest absolute Gasteiger partial charge is 0.267 e. The lowest BCUT2D eigenvalue weighted by Gasteiger charge is -2.29. The Hall–Kier alpha value is -2.18. The zero-order chi connectivity index (χ0) is 15.0. The summed E-state index contributed by atoms with van der Waals surface area (Å²) in [4.78, 5) is 37.2. The molecule has 2 heterocycles. The van der Waals surface area contributed by atoms with Gasteiger partial charge in [-0.05, 0) is 25.8 Å². The Morgan fingerprint density at radius 1 is 1.38 bits per heavy atom. The lowest BCUT2D eigenvalue weighted by atomic mass is 10.2. The van der Waals surface area contributed by atoms with E-state index < -0.39 is 6.04 Å². The van der Waals surface area contributed by atoms with Gasteiger partial charge in [0.05, 0.1) is 12.2 Å². The van der Waals surface area contributed by atoms with Crippen LogP contribution in [0.3, 0.4) is 0 Å². The summed E-state index contributed by atoms with van der Waals surface area (Å²) in [5, 5.41) is 7.00. The number of nitrogens with one attached hydrogen (secondary N) is 1. The first-order chi connectivity index (χ1) is 10.1. The molecule has 1 aliphatic carbocycles. The van der Waals surface area contributed by atoms with Crippen molar-refractivity contribution in [3.63, 3.8) is 0 Å². The molecule has 7 heteroatoms. The van der Waals surface area contributed by atoms with Crippen LogP contribution >= 0.6 is 0 Å². The van der Waals surface area contributed by atoms with E-state index in [2.05, 4.69) is 10.4 Å². The molecular weight excluding hydrogens is 272 g/mol. The molecule has 1 saturated carbocycles. The summed E-state index contributed by atoms with van der Waals surface area (Å²) in [5.41, 5.74) is 0.576. The summed E-state index contributed by atoms with van der Waals surface area (Å²) in [6.45, 7) is 2.61. The van der Waals surface area contributed by atoms with Gasteiger partial charge < -0.3 is 10.2 Å². The van der Waals surface area contributed by atoms with Gasteiger partial charge in [-0.2, -0.15) is 5.10 Å². The normalized spacial score (nSPS) is 20.0. The molecule has 21 heavy (non-hydrogen) atoms. The van der Waals surface area contributed by atoms with Crippen LogP contribution in [0, 0.1) is 0 Å². The summed E-state index contributed by atoms with van der Waals surface area (Å²) in [6, 6.07) is 2.51. The lowest BCUT2D eigenvalue weighted by molar-refractivity contribution is -0.140. The molecule has 0 spiro atoms. The van der Waals surface area contributed by atoms with Crippen LogP contribution in [-0.2, 0) is 9.59 Å². The van der Waals surface area contributed by atoms with Crippen LogP contribution in [0.4, 0.5) is 0 Å². The van der Waals surface area contributed by atoms with Gasteiger partial charge in [-0.15, -0.1) is 0 Å². The Bertz CT molecular complexity index is 635. The Morgan fingerprint density at radius 3 is 2.81 bits per heavy atom. The lowest BCUT2D eigenvalue weighted by Crippen LogP contribution is -2.52. The fourth-order valence-corrected chi connectivity index (χ4v) is 2.51. The highest BCUT2D eigenvalue weighted by molar-refractivity contribution is 5.87. The summed E-state index contributed by atoms with van der Waals surface area (Å²) < 4.78 is 1.24. The van der Waals surface area contributed by atoms with Gasteiger partial charge in [0.25, 0.3) is 5.56 Å². The number of rotatable bonds is 3. The maximum absolute atomic E-state index is 12.4. The van der Waals surface area contributed by atoms with Crippen LogP contribution in [0.15, 0.2) is 16.9 Å². The first-order valence-corrected chi connectivity index (χ1v) is 7.21. The van der Waals surface area contributed by atoms with E-state index in [0.29, 0.717) is 19.0 Å². The molecule has 2 aliphatic rings. The predicted molar refractivity (Wildman–Crippen MR) is 74.8 cm³/mol. The van der Waals surface area contributed by atoms with Crippen molar-refractivity contribution in [2.45, 2.75) is 31.7 Å². The number of amides is 2. The quantitative estimate of drug-likeness (QED) is 0.824. The van der Waals surface area contributed by atoms with Crippen molar-refractivity contribution < 1.29 is 9.59 Å². The fraction of sp³-hybridized carbons (Fsp3) is 0.571. The molecule has 1 N–H and O–H groups in total. The standard InChI is InChI=1S/C14H18N4O3/c1-9(14(21)17-7-6-15-12(19)8-17)18-13(20)5-4-11(16-18)10-2-3-10/h4-5,9-10H,2-3,6-8H2,1H3,(H,15,19). The van der Waals surface area contributed by atoms with Gasteiger partial charge in [-0.1, -0.05) is 0 Å². The van der Waals surface area contributed by atoms with Gasteiger partial charge in [-0.25, -0.2) is 4.68 Å². The zero-order valence-electron chi connectivity index (χ0n) is 11.9. The Labute approximate surface area is 121 Å². The van der Waals surface area contributed by atoms with E-state index in [9.17, 15) is 14.4 Å². The van der Waals surface area contributed by atoms with E-state index in [1.54, 1.807) is 13.0 Å².